The first-order chi connectivity index (χ1) is 17.4. The highest BCUT2D eigenvalue weighted by atomic mass is 16.5. The monoisotopic (exact) mass is 510 g/mol. The molecule has 0 aromatic rings. The zero-order valence-corrected chi connectivity index (χ0v) is 24.8. The maximum Gasteiger partial charge on any atom is 0.305 e. The van der Waals surface area contributed by atoms with Crippen LogP contribution in [0.15, 0.2) is 0 Å². The van der Waals surface area contributed by atoms with Gasteiger partial charge in [-0.2, -0.15) is 0 Å². The zero-order chi connectivity index (χ0) is 26.7. The molecule has 4 nitrogen and oxygen atoms in total. The van der Waals surface area contributed by atoms with Gasteiger partial charge in [0.1, 0.15) is 0 Å². The van der Waals surface area contributed by atoms with Gasteiger partial charge >= 0.3 is 11.9 Å². The van der Waals surface area contributed by atoms with E-state index in [1.807, 2.05) is 0 Å². The van der Waals surface area contributed by atoms with E-state index in [0.29, 0.717) is 26.1 Å². The predicted octanol–water partition coefficient (Wildman–Crippen LogP) is 9.97. The molecule has 0 saturated heterocycles. The van der Waals surface area contributed by atoms with Crippen molar-refractivity contribution in [3.8, 4) is 0 Å². The summed E-state index contributed by atoms with van der Waals surface area (Å²) in [6.45, 7) is 10.3. The Bertz CT molecular complexity index is 443. The van der Waals surface area contributed by atoms with Crippen molar-refractivity contribution in [1.82, 2.24) is 0 Å². The molecular weight excluding hydrogens is 448 g/mol. The van der Waals surface area contributed by atoms with Gasteiger partial charge in [-0.3, -0.25) is 9.59 Å². The zero-order valence-electron chi connectivity index (χ0n) is 24.8. The highest BCUT2D eigenvalue weighted by Crippen LogP contribution is 2.14. The molecule has 0 heterocycles. The maximum atomic E-state index is 11.8. The van der Waals surface area contributed by atoms with Gasteiger partial charge in [-0.05, 0) is 37.5 Å². The SMILES string of the molecule is CC(C)CCCCCCCCCOC(=O)CCCCCCC(=O)OCCCCCCCCCC(C)C. The van der Waals surface area contributed by atoms with Crippen molar-refractivity contribution in [2.24, 2.45) is 11.8 Å². The van der Waals surface area contributed by atoms with Crippen molar-refractivity contribution in [3.05, 3.63) is 0 Å². The third-order valence-corrected chi connectivity index (χ3v) is 6.89. The second-order valence-electron chi connectivity index (χ2n) is 11.7. The molecule has 0 spiro atoms. The fourth-order valence-electron chi connectivity index (χ4n) is 4.49. The highest BCUT2D eigenvalue weighted by molar-refractivity contribution is 5.69. The molecule has 0 amide bonds. The fourth-order valence-corrected chi connectivity index (χ4v) is 4.49. The van der Waals surface area contributed by atoms with Gasteiger partial charge in [0.05, 0.1) is 13.2 Å². The summed E-state index contributed by atoms with van der Waals surface area (Å²) in [6.07, 6.45) is 24.8. The Kier molecular flexibility index (Phi) is 26.2. The molecule has 0 rings (SSSR count). The van der Waals surface area contributed by atoms with E-state index in [1.54, 1.807) is 0 Å². The Hall–Kier alpha value is -1.06. The van der Waals surface area contributed by atoms with Gasteiger partial charge in [0, 0.05) is 12.8 Å². The molecule has 0 bridgehead atoms. The average Bonchev–Trinajstić information content (AvgIpc) is 2.83. The molecule has 0 fully saturated rings. The average molecular weight is 511 g/mol. The lowest BCUT2D eigenvalue weighted by Crippen LogP contribution is -2.06. The molecule has 0 radical (unpaired) electrons. The third-order valence-electron chi connectivity index (χ3n) is 6.89. The summed E-state index contributed by atoms with van der Waals surface area (Å²) in [4.78, 5) is 23.7. The number of carbonyl (C=O) groups is 2. The summed E-state index contributed by atoms with van der Waals surface area (Å²) in [5, 5.41) is 0. The molecule has 0 atom stereocenters. The van der Waals surface area contributed by atoms with Crippen molar-refractivity contribution < 1.29 is 19.1 Å². The van der Waals surface area contributed by atoms with Crippen molar-refractivity contribution in [2.45, 2.75) is 169 Å². The van der Waals surface area contributed by atoms with Crippen LogP contribution in [0.3, 0.4) is 0 Å². The van der Waals surface area contributed by atoms with E-state index in [2.05, 4.69) is 27.7 Å². The van der Waals surface area contributed by atoms with Gasteiger partial charge in [-0.25, -0.2) is 0 Å². The van der Waals surface area contributed by atoms with Crippen LogP contribution in [0.5, 0.6) is 0 Å². The maximum absolute atomic E-state index is 11.8. The van der Waals surface area contributed by atoms with Crippen LogP contribution >= 0.6 is 0 Å². The topological polar surface area (TPSA) is 52.6 Å². The summed E-state index contributed by atoms with van der Waals surface area (Å²) in [6, 6.07) is 0. The number of unbranched alkanes of at least 4 members (excludes halogenated alkanes) is 15. The number of hydrogen-bond acceptors (Lipinski definition) is 4. The minimum Gasteiger partial charge on any atom is -0.466 e. The summed E-state index contributed by atoms with van der Waals surface area (Å²) in [7, 11) is 0. The van der Waals surface area contributed by atoms with E-state index in [0.717, 1.165) is 63.2 Å². The van der Waals surface area contributed by atoms with Crippen LogP contribution in [0.2, 0.25) is 0 Å². The van der Waals surface area contributed by atoms with E-state index >= 15 is 0 Å². The molecule has 0 N–H and O–H groups in total. The van der Waals surface area contributed by atoms with E-state index in [9.17, 15) is 9.59 Å². The van der Waals surface area contributed by atoms with Crippen LogP contribution in [0.25, 0.3) is 0 Å². The van der Waals surface area contributed by atoms with Crippen LogP contribution < -0.4 is 0 Å². The summed E-state index contributed by atoms with van der Waals surface area (Å²) >= 11 is 0. The molecule has 4 heteroatoms. The van der Waals surface area contributed by atoms with Crippen LogP contribution in [0.4, 0.5) is 0 Å². The minimum atomic E-state index is -0.0707. The van der Waals surface area contributed by atoms with E-state index in [4.69, 9.17) is 9.47 Å². The Labute approximate surface area is 225 Å². The van der Waals surface area contributed by atoms with Crippen molar-refractivity contribution in [3.63, 3.8) is 0 Å². The molecule has 0 aliphatic heterocycles. The van der Waals surface area contributed by atoms with Gasteiger partial charge in [0.2, 0.25) is 0 Å². The summed E-state index contributed by atoms with van der Waals surface area (Å²) in [5.74, 6) is 1.51. The first-order valence-corrected chi connectivity index (χ1v) is 15.7. The fraction of sp³-hybridized carbons (Fsp3) is 0.938. The highest BCUT2D eigenvalue weighted by Gasteiger charge is 2.05. The quantitative estimate of drug-likeness (QED) is 0.0814. The van der Waals surface area contributed by atoms with Crippen molar-refractivity contribution in [2.75, 3.05) is 13.2 Å². The Balaban J connectivity index is 3.29. The molecule has 0 aromatic carbocycles. The lowest BCUT2D eigenvalue weighted by molar-refractivity contribution is -0.145. The lowest BCUT2D eigenvalue weighted by atomic mass is 10.0. The molecule has 0 saturated carbocycles. The molecule has 0 unspecified atom stereocenters. The van der Waals surface area contributed by atoms with Crippen LogP contribution in [-0.2, 0) is 19.1 Å². The van der Waals surface area contributed by atoms with Crippen molar-refractivity contribution in [1.29, 1.82) is 0 Å². The largest absolute Gasteiger partial charge is 0.466 e. The number of carbonyl (C=O) groups excluding carboxylic acids is 2. The summed E-state index contributed by atoms with van der Waals surface area (Å²) in [5.41, 5.74) is 0. The molecular formula is C32H62O4. The second-order valence-corrected chi connectivity index (χ2v) is 11.7. The first kappa shape index (κ1) is 34.9. The van der Waals surface area contributed by atoms with Gasteiger partial charge in [0.25, 0.3) is 0 Å². The number of ether oxygens (including phenoxy) is 2. The normalized spacial score (nSPS) is 11.4. The van der Waals surface area contributed by atoms with E-state index in [-0.39, 0.29) is 11.9 Å². The van der Waals surface area contributed by atoms with Gasteiger partial charge in [0.15, 0.2) is 0 Å². The smallest absolute Gasteiger partial charge is 0.305 e. The van der Waals surface area contributed by atoms with E-state index < -0.39 is 0 Å². The van der Waals surface area contributed by atoms with Gasteiger partial charge < -0.3 is 9.47 Å². The molecule has 36 heavy (non-hydrogen) atoms. The van der Waals surface area contributed by atoms with Crippen LogP contribution in [0.1, 0.15) is 169 Å². The number of esters is 2. The van der Waals surface area contributed by atoms with Gasteiger partial charge in [-0.15, -0.1) is 0 Å². The molecule has 0 aromatic heterocycles. The lowest BCUT2D eigenvalue weighted by Gasteiger charge is -2.07. The standard InChI is InChI=1S/C32H62O4/c1-29(2)23-17-11-7-5-9-15-21-27-35-31(33)25-19-13-14-20-26-32(34)36-28-22-16-10-6-8-12-18-24-30(3)4/h29-30H,5-28H2,1-4H3. The summed E-state index contributed by atoms with van der Waals surface area (Å²) < 4.78 is 10.7. The van der Waals surface area contributed by atoms with Crippen LogP contribution in [0, 0.1) is 11.8 Å². The molecule has 214 valence electrons. The number of hydrogen-bond donors (Lipinski definition) is 0. The van der Waals surface area contributed by atoms with Gasteiger partial charge in [-0.1, -0.05) is 130 Å². The third kappa shape index (κ3) is 29.2. The first-order valence-electron chi connectivity index (χ1n) is 15.7. The Morgan fingerprint density at radius 2 is 0.694 bits per heavy atom. The molecule has 0 aliphatic rings. The van der Waals surface area contributed by atoms with Crippen LogP contribution in [-0.4, -0.2) is 25.2 Å². The Morgan fingerprint density at radius 3 is 1.03 bits per heavy atom. The Morgan fingerprint density at radius 1 is 0.417 bits per heavy atom. The van der Waals surface area contributed by atoms with E-state index in [1.165, 1.54) is 77.0 Å². The minimum absolute atomic E-state index is 0.0707. The number of rotatable bonds is 27. The van der Waals surface area contributed by atoms with Crippen molar-refractivity contribution >= 4 is 11.9 Å². The predicted molar refractivity (Wildman–Crippen MR) is 153 cm³/mol. The molecule has 0 aliphatic carbocycles. The second kappa shape index (κ2) is 27.0.